The van der Waals surface area contributed by atoms with E-state index < -0.39 is 5.97 Å². The maximum atomic E-state index is 12.8. The Labute approximate surface area is 170 Å². The van der Waals surface area contributed by atoms with E-state index in [1.165, 1.54) is 7.11 Å². The fraction of sp³-hybridized carbons (Fsp3) is 0.348. The summed E-state index contributed by atoms with van der Waals surface area (Å²) >= 11 is 0. The standard InChI is InChI=1S/C23H26N2O4/c1-16-10-11-18(23(28)29-2)14-20(16)24-22(27)19-9-6-12-25(15-19)21(26)13-17-7-4-3-5-8-17/h3-5,7-8,10-11,14,19H,6,9,12-13,15H2,1-2H3,(H,24,27). The van der Waals surface area contributed by atoms with Crippen molar-refractivity contribution in [1.82, 2.24) is 4.90 Å². The lowest BCUT2D eigenvalue weighted by Gasteiger charge is -2.32. The van der Waals surface area contributed by atoms with E-state index in [4.69, 9.17) is 4.74 Å². The molecular weight excluding hydrogens is 368 g/mol. The number of piperidine rings is 1. The van der Waals surface area contributed by atoms with Crippen LogP contribution in [0.5, 0.6) is 0 Å². The van der Waals surface area contributed by atoms with Gasteiger partial charge in [0.2, 0.25) is 11.8 Å². The first kappa shape index (κ1) is 20.6. The summed E-state index contributed by atoms with van der Waals surface area (Å²) in [6.07, 6.45) is 1.87. The number of carbonyl (C=O) groups excluding carboxylic acids is 3. The third kappa shape index (κ3) is 5.22. The molecule has 1 saturated heterocycles. The van der Waals surface area contributed by atoms with E-state index in [1.54, 1.807) is 23.1 Å². The van der Waals surface area contributed by atoms with Gasteiger partial charge in [0.05, 0.1) is 25.0 Å². The van der Waals surface area contributed by atoms with Gasteiger partial charge in [0.15, 0.2) is 0 Å². The maximum absolute atomic E-state index is 12.8. The number of nitrogens with zero attached hydrogens (tertiary/aromatic N) is 1. The number of carbonyl (C=O) groups is 3. The van der Waals surface area contributed by atoms with E-state index in [9.17, 15) is 14.4 Å². The van der Waals surface area contributed by atoms with Gasteiger partial charge >= 0.3 is 5.97 Å². The normalized spacial score (nSPS) is 16.2. The first-order valence-corrected chi connectivity index (χ1v) is 9.79. The molecule has 1 unspecified atom stereocenters. The van der Waals surface area contributed by atoms with Crippen molar-refractivity contribution in [2.24, 2.45) is 5.92 Å². The van der Waals surface area contributed by atoms with Crippen LogP contribution in [0.4, 0.5) is 5.69 Å². The van der Waals surface area contributed by atoms with Gasteiger partial charge in [-0.25, -0.2) is 4.79 Å². The molecule has 2 amide bonds. The van der Waals surface area contributed by atoms with Gasteiger partial charge in [0.25, 0.3) is 0 Å². The molecule has 1 aliphatic heterocycles. The van der Waals surface area contributed by atoms with Crippen LogP contribution in [0.15, 0.2) is 48.5 Å². The van der Waals surface area contributed by atoms with Crippen molar-refractivity contribution >= 4 is 23.5 Å². The Morgan fingerprint density at radius 2 is 1.90 bits per heavy atom. The predicted octanol–water partition coefficient (Wildman–Crippen LogP) is 3.20. The minimum absolute atomic E-state index is 0.0394. The largest absolute Gasteiger partial charge is 0.465 e. The van der Waals surface area contributed by atoms with E-state index in [2.05, 4.69) is 5.32 Å². The van der Waals surface area contributed by atoms with Crippen LogP contribution < -0.4 is 5.32 Å². The van der Waals surface area contributed by atoms with Crippen molar-refractivity contribution in [2.75, 3.05) is 25.5 Å². The summed E-state index contributed by atoms with van der Waals surface area (Å²) in [4.78, 5) is 39.0. The monoisotopic (exact) mass is 394 g/mol. The van der Waals surface area contributed by atoms with E-state index in [0.29, 0.717) is 30.8 Å². The summed E-state index contributed by atoms with van der Waals surface area (Å²) in [5, 5.41) is 2.92. The molecule has 6 heteroatoms. The highest BCUT2D eigenvalue weighted by Crippen LogP contribution is 2.22. The summed E-state index contributed by atoms with van der Waals surface area (Å²) < 4.78 is 4.75. The summed E-state index contributed by atoms with van der Waals surface area (Å²) in [6, 6.07) is 14.7. The minimum Gasteiger partial charge on any atom is -0.465 e. The third-order valence-electron chi connectivity index (χ3n) is 5.26. The number of aryl methyl sites for hydroxylation is 1. The van der Waals surface area contributed by atoms with Crippen LogP contribution in [0.2, 0.25) is 0 Å². The van der Waals surface area contributed by atoms with E-state index >= 15 is 0 Å². The van der Waals surface area contributed by atoms with Gasteiger partial charge in [-0.2, -0.15) is 0 Å². The van der Waals surface area contributed by atoms with Gasteiger partial charge < -0.3 is 15.0 Å². The van der Waals surface area contributed by atoms with Gasteiger partial charge in [0, 0.05) is 18.8 Å². The van der Waals surface area contributed by atoms with Crippen LogP contribution in [-0.2, 0) is 20.7 Å². The number of nitrogens with one attached hydrogen (secondary N) is 1. The van der Waals surface area contributed by atoms with Crippen LogP contribution in [0.1, 0.15) is 34.3 Å². The van der Waals surface area contributed by atoms with Crippen molar-refractivity contribution in [3.05, 3.63) is 65.2 Å². The summed E-state index contributed by atoms with van der Waals surface area (Å²) in [5.41, 5.74) is 2.81. The topological polar surface area (TPSA) is 75.7 Å². The molecule has 152 valence electrons. The average Bonchev–Trinajstić information content (AvgIpc) is 2.75. The zero-order valence-electron chi connectivity index (χ0n) is 16.8. The molecule has 0 aliphatic carbocycles. The Hall–Kier alpha value is -3.15. The molecule has 2 aromatic carbocycles. The maximum Gasteiger partial charge on any atom is 0.337 e. The molecule has 1 atom stereocenters. The first-order valence-electron chi connectivity index (χ1n) is 9.79. The second-order valence-electron chi connectivity index (χ2n) is 7.35. The lowest BCUT2D eigenvalue weighted by Crippen LogP contribution is -2.44. The van der Waals surface area contributed by atoms with E-state index in [0.717, 1.165) is 24.0 Å². The predicted molar refractivity (Wildman–Crippen MR) is 111 cm³/mol. The van der Waals surface area contributed by atoms with Gasteiger partial charge in [-0.05, 0) is 43.0 Å². The van der Waals surface area contributed by atoms with Crippen molar-refractivity contribution < 1.29 is 19.1 Å². The number of amides is 2. The molecule has 1 N–H and O–H groups in total. The van der Waals surface area contributed by atoms with Crippen molar-refractivity contribution in [1.29, 1.82) is 0 Å². The zero-order chi connectivity index (χ0) is 20.8. The van der Waals surface area contributed by atoms with E-state index in [1.807, 2.05) is 37.3 Å². The molecule has 1 fully saturated rings. The Kier molecular flexibility index (Phi) is 6.65. The summed E-state index contributed by atoms with van der Waals surface area (Å²) in [5.74, 6) is -0.814. The minimum atomic E-state index is -0.448. The smallest absolute Gasteiger partial charge is 0.337 e. The van der Waals surface area contributed by atoms with Crippen molar-refractivity contribution in [2.45, 2.75) is 26.2 Å². The highest BCUT2D eigenvalue weighted by molar-refractivity contribution is 5.96. The first-order chi connectivity index (χ1) is 14.0. The lowest BCUT2D eigenvalue weighted by atomic mass is 9.96. The van der Waals surface area contributed by atoms with Gasteiger partial charge in [-0.15, -0.1) is 0 Å². The Balaban J connectivity index is 1.64. The Bertz CT molecular complexity index is 895. The number of methoxy groups -OCH3 is 1. The van der Waals surface area contributed by atoms with Crippen LogP contribution in [-0.4, -0.2) is 42.9 Å². The molecule has 1 heterocycles. The van der Waals surface area contributed by atoms with E-state index in [-0.39, 0.29) is 17.7 Å². The third-order valence-corrected chi connectivity index (χ3v) is 5.26. The highest BCUT2D eigenvalue weighted by Gasteiger charge is 2.28. The number of esters is 1. The lowest BCUT2D eigenvalue weighted by molar-refractivity contribution is -0.133. The molecule has 29 heavy (non-hydrogen) atoms. The molecule has 0 saturated carbocycles. The fourth-order valence-electron chi connectivity index (χ4n) is 3.54. The second kappa shape index (κ2) is 9.37. The second-order valence-corrected chi connectivity index (χ2v) is 7.35. The fourth-order valence-corrected chi connectivity index (χ4v) is 3.54. The molecule has 0 radical (unpaired) electrons. The van der Waals surface area contributed by atoms with Crippen molar-refractivity contribution in [3.8, 4) is 0 Å². The summed E-state index contributed by atoms with van der Waals surface area (Å²) in [7, 11) is 1.32. The van der Waals surface area contributed by atoms with Crippen LogP contribution in [0.25, 0.3) is 0 Å². The number of hydrogen-bond acceptors (Lipinski definition) is 4. The Morgan fingerprint density at radius 3 is 2.62 bits per heavy atom. The number of anilines is 1. The van der Waals surface area contributed by atoms with Crippen LogP contribution in [0, 0.1) is 12.8 Å². The highest BCUT2D eigenvalue weighted by atomic mass is 16.5. The molecule has 2 aromatic rings. The molecule has 0 aromatic heterocycles. The molecule has 6 nitrogen and oxygen atoms in total. The SMILES string of the molecule is COC(=O)c1ccc(C)c(NC(=O)C2CCCN(C(=O)Cc3ccccc3)C2)c1. The van der Waals surface area contributed by atoms with Gasteiger partial charge in [-0.3, -0.25) is 9.59 Å². The number of likely N-dealkylation sites (tertiary alicyclic amines) is 1. The number of ether oxygens (including phenoxy) is 1. The molecule has 1 aliphatic rings. The van der Waals surface area contributed by atoms with Crippen LogP contribution in [0.3, 0.4) is 0 Å². The average molecular weight is 394 g/mol. The zero-order valence-corrected chi connectivity index (χ0v) is 16.8. The van der Waals surface area contributed by atoms with Gasteiger partial charge in [0.1, 0.15) is 0 Å². The summed E-state index contributed by atoms with van der Waals surface area (Å²) in [6.45, 7) is 2.95. The number of benzene rings is 2. The Morgan fingerprint density at radius 1 is 1.14 bits per heavy atom. The quantitative estimate of drug-likeness (QED) is 0.790. The number of hydrogen-bond donors (Lipinski definition) is 1. The van der Waals surface area contributed by atoms with Crippen molar-refractivity contribution in [3.63, 3.8) is 0 Å². The number of rotatable bonds is 5. The molecular formula is C23H26N2O4. The van der Waals surface area contributed by atoms with Crippen LogP contribution >= 0.6 is 0 Å². The molecule has 0 bridgehead atoms. The van der Waals surface area contributed by atoms with Gasteiger partial charge in [-0.1, -0.05) is 36.4 Å². The molecule has 3 rings (SSSR count). The molecule has 0 spiro atoms.